The largest absolute Gasteiger partial charge is 0.462 e. The maximum Gasteiger partial charge on any atom is 0.303 e. The van der Waals surface area contributed by atoms with Crippen molar-refractivity contribution in [3.05, 3.63) is 24.3 Å². The smallest absolute Gasteiger partial charge is 0.303 e. The molecule has 0 amide bonds. The monoisotopic (exact) mass is 682 g/mol. The highest BCUT2D eigenvalue weighted by atomic mass is 28.4. The van der Waals surface area contributed by atoms with E-state index >= 15 is 0 Å². The number of hydrogen-bond acceptors (Lipinski definition) is 7. The van der Waals surface area contributed by atoms with Gasteiger partial charge in [-0.1, -0.05) is 68.0 Å². The number of carbonyl (C=O) groups is 4. The van der Waals surface area contributed by atoms with Gasteiger partial charge in [-0.05, 0) is 102 Å². The number of hydrogen-bond donors (Lipinski definition) is 0. The van der Waals surface area contributed by atoms with Gasteiger partial charge in [0.05, 0.1) is 0 Å². The number of ketones is 2. The molecular formula is C40H62O7Si. The Morgan fingerprint density at radius 2 is 1.69 bits per heavy atom. The summed E-state index contributed by atoms with van der Waals surface area (Å²) in [5, 5.41) is 0.0318. The Balaban J connectivity index is 1.46. The number of allylic oxidation sites excluding steroid dienone is 2. The fourth-order valence-electron chi connectivity index (χ4n) is 11.5. The van der Waals surface area contributed by atoms with Crippen molar-refractivity contribution in [2.45, 2.75) is 138 Å². The summed E-state index contributed by atoms with van der Waals surface area (Å²) < 4.78 is 18.6. The lowest BCUT2D eigenvalue weighted by molar-refractivity contribution is -0.166. The summed E-state index contributed by atoms with van der Waals surface area (Å²) in [5.74, 6) is -0.866. The van der Waals surface area contributed by atoms with Gasteiger partial charge < -0.3 is 13.9 Å². The fraction of sp³-hybridized carbons (Fsp3) is 0.800. The minimum Gasteiger partial charge on any atom is -0.462 e. The van der Waals surface area contributed by atoms with Crippen molar-refractivity contribution >= 4 is 31.8 Å². The predicted octanol–water partition coefficient (Wildman–Crippen LogP) is 8.27. The van der Waals surface area contributed by atoms with Crippen LogP contribution in [-0.2, 0) is 33.1 Å². The number of fused-ring (bicyclic) bond motifs is 2. The first-order valence-electron chi connectivity index (χ1n) is 18.4. The lowest BCUT2D eigenvalue weighted by Crippen LogP contribution is -2.56. The molecule has 0 aromatic carbocycles. The standard InChI is InChI=1S/C40H62O7Si/c1-23(21-45-48(12,13)36(7,8)9)24(2)34(44)35(47-28(6)42)26(4)33-31(46-27(5)41)20-38(11)32-15-14-29-25(3)30(43)16-17-39(29)22-40(32,39)19-18-37(33,38)10/h16-17,23,25-26,29,31-33,35H,2,14-15,18-22H2,1,3-13H3/t23-,25-,26-,29?,31-,32?,33-,35+,37+,38-,39+,40-/m0/s1. The molecule has 0 radical (unpaired) electrons. The van der Waals surface area contributed by atoms with Gasteiger partial charge in [0.1, 0.15) is 6.10 Å². The fourth-order valence-corrected chi connectivity index (χ4v) is 12.6. The van der Waals surface area contributed by atoms with E-state index in [4.69, 9.17) is 13.9 Å². The first-order valence-corrected chi connectivity index (χ1v) is 21.3. The minimum absolute atomic E-state index is 0.0318. The van der Waals surface area contributed by atoms with Crippen LogP contribution < -0.4 is 0 Å². The van der Waals surface area contributed by atoms with Crippen molar-refractivity contribution in [2.75, 3.05) is 6.61 Å². The average molecular weight is 683 g/mol. The molecule has 4 saturated carbocycles. The van der Waals surface area contributed by atoms with E-state index in [-0.39, 0.29) is 62.0 Å². The molecule has 2 spiro atoms. The van der Waals surface area contributed by atoms with Gasteiger partial charge in [0.2, 0.25) is 0 Å². The Morgan fingerprint density at radius 3 is 2.27 bits per heavy atom. The zero-order valence-corrected chi connectivity index (χ0v) is 32.8. The summed E-state index contributed by atoms with van der Waals surface area (Å²) in [5.41, 5.74) is 0.187. The van der Waals surface area contributed by atoms with Gasteiger partial charge in [-0.3, -0.25) is 19.2 Å². The Morgan fingerprint density at radius 1 is 1.04 bits per heavy atom. The summed E-state index contributed by atoms with van der Waals surface area (Å²) >= 11 is 0. The molecule has 5 aliphatic carbocycles. The van der Waals surface area contributed by atoms with E-state index in [1.807, 2.05) is 19.9 Å². The molecule has 0 aromatic rings. The Hall–Kier alpha value is -2.06. The third-order valence-electron chi connectivity index (χ3n) is 15.4. The molecule has 0 aliphatic heterocycles. The number of rotatable bonds is 10. The number of ether oxygens (including phenoxy) is 2. The third kappa shape index (κ3) is 5.45. The van der Waals surface area contributed by atoms with Crippen LogP contribution in [0.25, 0.3) is 0 Å². The molecule has 0 N–H and O–H groups in total. The van der Waals surface area contributed by atoms with Gasteiger partial charge in [-0.15, -0.1) is 0 Å². The molecular weight excluding hydrogens is 621 g/mol. The van der Waals surface area contributed by atoms with Crippen molar-refractivity contribution in [1.29, 1.82) is 0 Å². The molecule has 0 heterocycles. The van der Waals surface area contributed by atoms with Gasteiger partial charge in [0, 0.05) is 44.1 Å². The van der Waals surface area contributed by atoms with E-state index in [0.29, 0.717) is 30.4 Å². The maximum atomic E-state index is 14.3. The van der Waals surface area contributed by atoms with Crippen LogP contribution >= 0.6 is 0 Å². The summed E-state index contributed by atoms with van der Waals surface area (Å²) in [7, 11) is -2.05. The van der Waals surface area contributed by atoms with Gasteiger partial charge in [-0.2, -0.15) is 0 Å². The highest BCUT2D eigenvalue weighted by Gasteiger charge is 2.81. The second kappa shape index (κ2) is 12.0. The zero-order valence-electron chi connectivity index (χ0n) is 31.8. The Kier molecular flexibility index (Phi) is 9.32. The molecule has 5 aliphatic rings. The van der Waals surface area contributed by atoms with E-state index in [1.165, 1.54) is 13.8 Å². The molecule has 48 heavy (non-hydrogen) atoms. The second-order valence-electron chi connectivity index (χ2n) is 18.6. The van der Waals surface area contributed by atoms with E-state index in [0.717, 1.165) is 32.1 Å². The molecule has 0 aromatic heterocycles. The Labute approximate surface area is 290 Å². The van der Waals surface area contributed by atoms with Crippen LogP contribution in [0.4, 0.5) is 0 Å². The molecule has 2 unspecified atom stereocenters. The molecule has 268 valence electrons. The molecule has 8 heteroatoms. The zero-order chi connectivity index (χ0) is 36.0. The normalized spacial score (nSPS) is 40.3. The molecule has 0 saturated heterocycles. The second-order valence-corrected chi connectivity index (χ2v) is 23.4. The molecule has 5 rings (SSSR count). The van der Waals surface area contributed by atoms with Crippen LogP contribution in [-0.4, -0.2) is 50.6 Å². The molecule has 0 bridgehead atoms. The number of Topliss-reactive ketones (excluding diaryl/α,β-unsaturated/α-hetero) is 1. The average Bonchev–Trinajstić information content (AvgIpc) is 3.59. The van der Waals surface area contributed by atoms with Crippen molar-refractivity contribution in [3.63, 3.8) is 0 Å². The van der Waals surface area contributed by atoms with Gasteiger partial charge in [-0.25, -0.2) is 0 Å². The van der Waals surface area contributed by atoms with Crippen LogP contribution in [0.3, 0.4) is 0 Å². The van der Waals surface area contributed by atoms with Crippen LogP contribution in [0.15, 0.2) is 24.3 Å². The van der Waals surface area contributed by atoms with E-state index < -0.39 is 32.4 Å². The maximum absolute atomic E-state index is 14.3. The lowest BCUT2D eigenvalue weighted by Gasteiger charge is -2.61. The molecule has 12 atom stereocenters. The predicted molar refractivity (Wildman–Crippen MR) is 189 cm³/mol. The molecule has 4 fully saturated rings. The van der Waals surface area contributed by atoms with Crippen molar-refractivity contribution in [1.82, 2.24) is 0 Å². The van der Waals surface area contributed by atoms with Crippen molar-refractivity contribution < 1.29 is 33.1 Å². The SMILES string of the molecule is C=C(C(=O)[C@H](OC(C)=O)[C@@H](C)[C@H]1[C@@H](OC(C)=O)C[C@@]2(C)C3CCC4[C@H](C)C(=O)C=C[C@@]45C[C@@]35CC[C@]12C)[C@@H](C)CO[Si](C)(C)C(C)(C)C. The van der Waals surface area contributed by atoms with E-state index in [9.17, 15) is 19.2 Å². The summed E-state index contributed by atoms with van der Waals surface area (Å²) in [6, 6.07) is 0. The highest BCUT2D eigenvalue weighted by Crippen LogP contribution is 2.87. The van der Waals surface area contributed by atoms with Crippen LogP contribution in [0, 0.1) is 57.2 Å². The van der Waals surface area contributed by atoms with Crippen LogP contribution in [0.1, 0.15) is 108 Å². The quantitative estimate of drug-likeness (QED) is 0.130. The number of carbonyl (C=O) groups excluding carboxylic acids is 4. The highest BCUT2D eigenvalue weighted by molar-refractivity contribution is 6.74. The van der Waals surface area contributed by atoms with Gasteiger partial charge in [0.25, 0.3) is 0 Å². The van der Waals surface area contributed by atoms with Crippen molar-refractivity contribution in [3.8, 4) is 0 Å². The minimum atomic E-state index is -2.05. The summed E-state index contributed by atoms with van der Waals surface area (Å²) in [6.07, 6.45) is 8.56. The van der Waals surface area contributed by atoms with E-state index in [2.05, 4.69) is 67.3 Å². The third-order valence-corrected chi connectivity index (χ3v) is 19.9. The summed E-state index contributed by atoms with van der Waals surface area (Å²) in [4.78, 5) is 52.3. The first-order chi connectivity index (χ1) is 22.0. The van der Waals surface area contributed by atoms with Gasteiger partial charge >= 0.3 is 11.9 Å². The lowest BCUT2D eigenvalue weighted by atomic mass is 9.43. The van der Waals surface area contributed by atoms with Crippen LogP contribution in [0.5, 0.6) is 0 Å². The molecule has 7 nitrogen and oxygen atoms in total. The van der Waals surface area contributed by atoms with E-state index in [1.54, 1.807) is 0 Å². The summed E-state index contributed by atoms with van der Waals surface area (Å²) in [6.45, 7) is 29.2. The van der Waals surface area contributed by atoms with Crippen molar-refractivity contribution in [2.24, 2.45) is 57.2 Å². The number of esters is 2. The van der Waals surface area contributed by atoms with Crippen LogP contribution in [0.2, 0.25) is 18.1 Å². The van der Waals surface area contributed by atoms with Gasteiger partial charge in [0.15, 0.2) is 26.0 Å². The Bertz CT molecular complexity index is 1410. The first kappa shape index (κ1) is 37.2. The topological polar surface area (TPSA) is 96.0 Å².